The minimum Gasteiger partial charge on any atom is -0.512 e. The van der Waals surface area contributed by atoms with Crippen LogP contribution in [0, 0.1) is 0 Å². The van der Waals surface area contributed by atoms with E-state index in [0.29, 0.717) is 5.76 Å². The van der Waals surface area contributed by atoms with Gasteiger partial charge in [0.25, 0.3) is 0 Å². The molecule has 0 saturated heterocycles. The Kier molecular flexibility index (Phi) is 5.85. The molecule has 0 radical (unpaired) electrons. The van der Waals surface area contributed by atoms with Crippen LogP contribution < -0.4 is 0 Å². The third-order valence-corrected chi connectivity index (χ3v) is 1.80. The number of hydrogen-bond donors (Lipinski definition) is 1. The number of aliphatic hydroxyl groups is 1. The van der Waals surface area contributed by atoms with Crippen molar-refractivity contribution in [3.05, 3.63) is 23.5 Å². The summed E-state index contributed by atoms with van der Waals surface area (Å²) >= 11 is 0. The van der Waals surface area contributed by atoms with Gasteiger partial charge in [-0.3, -0.25) is 0 Å². The van der Waals surface area contributed by atoms with E-state index >= 15 is 0 Å². The first kappa shape index (κ1) is 11.2. The first-order chi connectivity index (χ1) is 4.84. The molecule has 60 valence electrons. The van der Waals surface area contributed by atoms with Gasteiger partial charge in [-0.1, -0.05) is 25.5 Å². The van der Waals surface area contributed by atoms with Crippen LogP contribution in [0.2, 0.25) is 0 Å². The van der Waals surface area contributed by atoms with Crippen LogP contribution in [0.1, 0.15) is 32.6 Å². The molecule has 0 aromatic rings. The molecule has 0 amide bonds. The molecular formula is C9H14OZr. The third kappa shape index (κ3) is 3.38. The van der Waals surface area contributed by atoms with Gasteiger partial charge < -0.3 is 5.11 Å². The summed E-state index contributed by atoms with van der Waals surface area (Å²) in [5.41, 5.74) is 1.14. The fourth-order valence-electron chi connectivity index (χ4n) is 1.13. The molecule has 1 aliphatic rings. The third-order valence-electron chi connectivity index (χ3n) is 1.80. The standard InChI is InChI=1S/C9H14O.Zr/c1-2-3-5-8-6-4-7-9(8)10;/h4,6,10H,2-3,5,7H2,1H3;. The van der Waals surface area contributed by atoms with Crippen LogP contribution in [-0.4, -0.2) is 5.11 Å². The van der Waals surface area contributed by atoms with Gasteiger partial charge in [-0.25, -0.2) is 0 Å². The number of hydrogen-bond acceptors (Lipinski definition) is 1. The summed E-state index contributed by atoms with van der Waals surface area (Å²) in [4.78, 5) is 0. The smallest absolute Gasteiger partial charge is 0.0992 e. The van der Waals surface area contributed by atoms with Crippen molar-refractivity contribution in [1.29, 1.82) is 0 Å². The summed E-state index contributed by atoms with van der Waals surface area (Å²) in [5.74, 6) is 0.577. The second-order valence-corrected chi connectivity index (χ2v) is 2.68. The molecule has 11 heavy (non-hydrogen) atoms. The molecule has 1 nitrogen and oxygen atoms in total. The van der Waals surface area contributed by atoms with Crippen molar-refractivity contribution in [1.82, 2.24) is 0 Å². The second kappa shape index (κ2) is 5.77. The zero-order valence-corrected chi connectivity index (χ0v) is 9.39. The maximum absolute atomic E-state index is 9.23. The van der Waals surface area contributed by atoms with Crippen molar-refractivity contribution in [3.63, 3.8) is 0 Å². The molecule has 2 heteroatoms. The molecule has 0 atom stereocenters. The molecule has 0 aliphatic heterocycles. The number of aliphatic hydroxyl groups excluding tert-OH is 1. The van der Waals surface area contributed by atoms with E-state index in [1.165, 1.54) is 12.8 Å². The number of allylic oxidation sites excluding steroid dienone is 3. The molecule has 0 fully saturated rings. The fraction of sp³-hybridized carbons (Fsp3) is 0.556. The van der Waals surface area contributed by atoms with Crippen LogP contribution in [0.5, 0.6) is 0 Å². The van der Waals surface area contributed by atoms with Crippen LogP contribution >= 0.6 is 0 Å². The molecule has 0 bridgehead atoms. The predicted molar refractivity (Wildman–Crippen MR) is 42.9 cm³/mol. The van der Waals surface area contributed by atoms with Gasteiger partial charge in [0.05, 0.1) is 5.76 Å². The van der Waals surface area contributed by atoms with E-state index in [4.69, 9.17) is 0 Å². The minimum atomic E-state index is 0. The summed E-state index contributed by atoms with van der Waals surface area (Å²) in [6.45, 7) is 2.16. The van der Waals surface area contributed by atoms with Gasteiger partial charge in [0.15, 0.2) is 0 Å². The fourth-order valence-corrected chi connectivity index (χ4v) is 1.13. The summed E-state index contributed by atoms with van der Waals surface area (Å²) < 4.78 is 0. The van der Waals surface area contributed by atoms with Gasteiger partial charge in [0, 0.05) is 32.6 Å². The van der Waals surface area contributed by atoms with E-state index in [2.05, 4.69) is 6.92 Å². The second-order valence-electron chi connectivity index (χ2n) is 2.68. The quantitative estimate of drug-likeness (QED) is 0.789. The molecule has 0 heterocycles. The van der Waals surface area contributed by atoms with E-state index in [1.807, 2.05) is 12.2 Å². The van der Waals surface area contributed by atoms with Crippen molar-refractivity contribution >= 4 is 0 Å². The molecule has 0 aromatic carbocycles. The molecular weight excluding hydrogens is 215 g/mol. The first-order valence-corrected chi connectivity index (χ1v) is 3.92. The molecule has 0 unspecified atom stereocenters. The predicted octanol–water partition coefficient (Wildman–Crippen LogP) is 2.95. The molecule has 1 N–H and O–H groups in total. The minimum absolute atomic E-state index is 0. The monoisotopic (exact) mass is 228 g/mol. The van der Waals surface area contributed by atoms with E-state index < -0.39 is 0 Å². The normalized spacial score (nSPS) is 15.4. The van der Waals surface area contributed by atoms with E-state index in [0.717, 1.165) is 18.4 Å². The van der Waals surface area contributed by atoms with Crippen molar-refractivity contribution in [3.8, 4) is 0 Å². The number of unbranched alkanes of at least 4 members (excludes halogenated alkanes) is 1. The Labute approximate surface area is 87.3 Å². The largest absolute Gasteiger partial charge is 0.512 e. The van der Waals surface area contributed by atoms with E-state index in [1.54, 1.807) is 0 Å². The maximum Gasteiger partial charge on any atom is 0.0992 e. The van der Waals surface area contributed by atoms with Crippen molar-refractivity contribution in [2.45, 2.75) is 32.6 Å². The molecule has 1 rings (SSSR count). The van der Waals surface area contributed by atoms with Gasteiger partial charge in [-0.15, -0.1) is 0 Å². The average molecular weight is 229 g/mol. The van der Waals surface area contributed by atoms with Gasteiger partial charge in [-0.05, 0) is 18.4 Å². The topological polar surface area (TPSA) is 20.2 Å². The van der Waals surface area contributed by atoms with Gasteiger partial charge in [0.2, 0.25) is 0 Å². The Morgan fingerprint density at radius 3 is 2.73 bits per heavy atom. The summed E-state index contributed by atoms with van der Waals surface area (Å²) in [6.07, 6.45) is 8.22. The average Bonchev–Trinajstić information content (AvgIpc) is 2.31. The summed E-state index contributed by atoms with van der Waals surface area (Å²) in [5, 5.41) is 9.23. The van der Waals surface area contributed by atoms with Gasteiger partial charge >= 0.3 is 0 Å². The van der Waals surface area contributed by atoms with Crippen LogP contribution in [0.15, 0.2) is 23.5 Å². The van der Waals surface area contributed by atoms with Crippen LogP contribution in [-0.2, 0) is 26.2 Å². The van der Waals surface area contributed by atoms with Crippen molar-refractivity contribution < 1.29 is 31.3 Å². The Morgan fingerprint density at radius 2 is 2.27 bits per heavy atom. The van der Waals surface area contributed by atoms with Crippen LogP contribution in [0.3, 0.4) is 0 Å². The Balaban J connectivity index is 0.000001000. The molecule has 0 saturated carbocycles. The van der Waals surface area contributed by atoms with E-state index in [9.17, 15) is 5.11 Å². The summed E-state index contributed by atoms with van der Waals surface area (Å²) in [7, 11) is 0. The van der Waals surface area contributed by atoms with Crippen molar-refractivity contribution in [2.75, 3.05) is 0 Å². The molecule has 0 spiro atoms. The number of rotatable bonds is 3. The zero-order chi connectivity index (χ0) is 7.40. The SMILES string of the molecule is CCCCC1=C(O)CC=C1.[Zr]. The Hall–Kier alpha value is 0.163. The maximum atomic E-state index is 9.23. The van der Waals surface area contributed by atoms with E-state index in [-0.39, 0.29) is 26.2 Å². The summed E-state index contributed by atoms with van der Waals surface area (Å²) in [6, 6.07) is 0. The Morgan fingerprint density at radius 1 is 1.55 bits per heavy atom. The van der Waals surface area contributed by atoms with Crippen molar-refractivity contribution in [2.24, 2.45) is 0 Å². The van der Waals surface area contributed by atoms with Gasteiger partial charge in [-0.2, -0.15) is 0 Å². The zero-order valence-electron chi connectivity index (χ0n) is 6.93. The molecule has 0 aromatic heterocycles. The first-order valence-electron chi connectivity index (χ1n) is 3.92. The van der Waals surface area contributed by atoms with Crippen LogP contribution in [0.4, 0.5) is 0 Å². The molecule has 1 aliphatic carbocycles. The van der Waals surface area contributed by atoms with Crippen LogP contribution in [0.25, 0.3) is 0 Å². The Bertz CT molecular complexity index is 170. The van der Waals surface area contributed by atoms with Gasteiger partial charge in [0.1, 0.15) is 0 Å².